The van der Waals surface area contributed by atoms with Crippen LogP contribution in [-0.4, -0.2) is 96.0 Å². The quantitative estimate of drug-likeness (QED) is 0.0196. The Labute approximate surface area is 389 Å². The van der Waals surface area contributed by atoms with Gasteiger partial charge in [0, 0.05) is 12.8 Å². The van der Waals surface area contributed by atoms with Crippen molar-refractivity contribution in [2.45, 2.75) is 256 Å². The number of allylic oxidation sites excluding steroid dienone is 6. The highest BCUT2D eigenvalue weighted by Gasteiger charge is 2.46. The highest BCUT2D eigenvalue weighted by Crippen LogP contribution is 2.24. The van der Waals surface area contributed by atoms with Crippen LogP contribution in [0.3, 0.4) is 0 Å². The Morgan fingerprint density at radius 2 is 0.938 bits per heavy atom. The first-order valence-electron chi connectivity index (χ1n) is 25.5. The van der Waals surface area contributed by atoms with Crippen LogP contribution in [0.5, 0.6) is 0 Å². The first-order valence-corrected chi connectivity index (χ1v) is 27.2. The van der Waals surface area contributed by atoms with Crippen LogP contribution in [-0.2, 0) is 38.7 Å². The lowest BCUT2D eigenvalue weighted by molar-refractivity contribution is -0.297. The highest BCUT2D eigenvalue weighted by molar-refractivity contribution is 7.85. The fourth-order valence-electron chi connectivity index (χ4n) is 7.74. The Balaban J connectivity index is 2.39. The van der Waals surface area contributed by atoms with Crippen LogP contribution in [0.4, 0.5) is 0 Å². The van der Waals surface area contributed by atoms with Gasteiger partial charge in [-0.2, -0.15) is 8.42 Å². The number of ether oxygens (including phenoxy) is 4. The van der Waals surface area contributed by atoms with E-state index in [1.54, 1.807) is 0 Å². The molecule has 0 aromatic rings. The maximum Gasteiger partial charge on any atom is 0.306 e. The van der Waals surface area contributed by atoms with Gasteiger partial charge in [-0.25, -0.2) is 0 Å². The molecular formula is C51H92O12S. The Morgan fingerprint density at radius 3 is 1.42 bits per heavy atom. The minimum absolute atomic E-state index is 0.140. The average molecular weight is 929 g/mol. The molecule has 374 valence electrons. The van der Waals surface area contributed by atoms with Crippen LogP contribution in [0.25, 0.3) is 0 Å². The average Bonchev–Trinajstić information content (AvgIpc) is 3.26. The summed E-state index contributed by atoms with van der Waals surface area (Å²) in [6, 6.07) is 0. The molecule has 1 aliphatic rings. The van der Waals surface area contributed by atoms with Crippen LogP contribution in [0.15, 0.2) is 36.5 Å². The summed E-state index contributed by atoms with van der Waals surface area (Å²) in [6.07, 6.45) is 39.0. The molecule has 6 atom stereocenters. The molecule has 64 heavy (non-hydrogen) atoms. The lowest BCUT2D eigenvalue weighted by Gasteiger charge is -2.40. The SMILES string of the molecule is CCCCC/C=C/C/C=C/C/C=C/CCCCCCC(=O)O[C@H](COC(=O)CCCCCCCCCCCCCCCCCCCCC)CO[C@H]1O[C@H](CS(=O)(=O)O)[C@@H](O)C(O)C1O. The van der Waals surface area contributed by atoms with Crippen LogP contribution in [0.2, 0.25) is 0 Å². The molecule has 2 unspecified atom stereocenters. The molecule has 0 aromatic carbocycles. The van der Waals surface area contributed by atoms with E-state index in [1.165, 1.54) is 116 Å². The summed E-state index contributed by atoms with van der Waals surface area (Å²) >= 11 is 0. The normalized spacial score (nSPS) is 19.9. The molecule has 0 bridgehead atoms. The van der Waals surface area contributed by atoms with E-state index in [1.807, 2.05) is 0 Å². The number of aliphatic hydroxyl groups excluding tert-OH is 3. The minimum atomic E-state index is -4.61. The first-order chi connectivity index (χ1) is 31.0. The topological polar surface area (TPSA) is 186 Å². The molecule has 1 aliphatic heterocycles. The molecule has 12 nitrogen and oxygen atoms in total. The lowest BCUT2D eigenvalue weighted by Crippen LogP contribution is -2.60. The Kier molecular flexibility index (Phi) is 38.4. The third-order valence-electron chi connectivity index (χ3n) is 11.7. The summed E-state index contributed by atoms with van der Waals surface area (Å²) in [6.45, 7) is 3.74. The number of aliphatic hydroxyl groups is 3. The monoisotopic (exact) mass is 929 g/mol. The third kappa shape index (κ3) is 35.1. The van der Waals surface area contributed by atoms with Gasteiger partial charge in [-0.3, -0.25) is 14.1 Å². The molecule has 4 N–H and O–H groups in total. The van der Waals surface area contributed by atoms with Crippen molar-refractivity contribution in [2.24, 2.45) is 0 Å². The zero-order valence-corrected chi connectivity index (χ0v) is 41.0. The van der Waals surface area contributed by atoms with E-state index in [-0.39, 0.29) is 19.4 Å². The van der Waals surface area contributed by atoms with Gasteiger partial charge in [0.2, 0.25) is 0 Å². The van der Waals surface area contributed by atoms with Crippen molar-refractivity contribution in [3.63, 3.8) is 0 Å². The van der Waals surface area contributed by atoms with Crippen molar-refractivity contribution < 1.29 is 56.8 Å². The third-order valence-corrected chi connectivity index (χ3v) is 12.5. The fourth-order valence-corrected chi connectivity index (χ4v) is 8.43. The zero-order valence-electron chi connectivity index (χ0n) is 40.1. The predicted molar refractivity (Wildman–Crippen MR) is 256 cm³/mol. The Bertz CT molecular complexity index is 1320. The van der Waals surface area contributed by atoms with Crippen LogP contribution in [0, 0.1) is 0 Å². The molecule has 13 heteroatoms. The largest absolute Gasteiger partial charge is 0.462 e. The molecule has 1 heterocycles. The number of carbonyl (C=O) groups is 2. The maximum absolute atomic E-state index is 12.9. The second-order valence-electron chi connectivity index (χ2n) is 17.8. The fraction of sp³-hybridized carbons (Fsp3) is 0.843. The van der Waals surface area contributed by atoms with E-state index in [9.17, 15) is 37.9 Å². The van der Waals surface area contributed by atoms with Gasteiger partial charge in [0.1, 0.15) is 36.8 Å². The van der Waals surface area contributed by atoms with Crippen molar-refractivity contribution >= 4 is 22.1 Å². The van der Waals surface area contributed by atoms with Crippen molar-refractivity contribution in [2.75, 3.05) is 19.0 Å². The molecule has 0 radical (unpaired) electrons. The number of carbonyl (C=O) groups excluding carboxylic acids is 2. The minimum Gasteiger partial charge on any atom is -0.462 e. The van der Waals surface area contributed by atoms with Crippen LogP contribution in [0.1, 0.15) is 219 Å². The van der Waals surface area contributed by atoms with E-state index in [0.29, 0.717) is 12.8 Å². The van der Waals surface area contributed by atoms with E-state index >= 15 is 0 Å². The van der Waals surface area contributed by atoms with Crippen LogP contribution < -0.4 is 0 Å². The van der Waals surface area contributed by atoms with Gasteiger partial charge in [0.05, 0.1) is 6.61 Å². The molecular weight excluding hydrogens is 837 g/mol. The zero-order chi connectivity index (χ0) is 46.9. The Hall–Kier alpha value is -2.13. The van der Waals surface area contributed by atoms with Gasteiger partial charge in [-0.1, -0.05) is 192 Å². The molecule has 1 rings (SSSR count). The summed E-state index contributed by atoms with van der Waals surface area (Å²) in [5.41, 5.74) is 0. The molecule has 0 aliphatic carbocycles. The summed E-state index contributed by atoms with van der Waals surface area (Å²) in [5.74, 6) is -2.00. The number of rotatable bonds is 43. The summed E-state index contributed by atoms with van der Waals surface area (Å²) in [4.78, 5) is 25.5. The van der Waals surface area contributed by atoms with Gasteiger partial charge in [-0.15, -0.1) is 0 Å². The second-order valence-corrected chi connectivity index (χ2v) is 19.3. The second kappa shape index (κ2) is 41.1. The van der Waals surface area contributed by atoms with Gasteiger partial charge < -0.3 is 34.3 Å². The van der Waals surface area contributed by atoms with Crippen LogP contribution >= 0.6 is 0 Å². The smallest absolute Gasteiger partial charge is 0.306 e. The molecule has 0 amide bonds. The van der Waals surface area contributed by atoms with E-state index in [4.69, 9.17) is 18.9 Å². The predicted octanol–water partition coefficient (Wildman–Crippen LogP) is 11.3. The number of hydrogen-bond acceptors (Lipinski definition) is 11. The molecule has 0 spiro atoms. The van der Waals surface area contributed by atoms with E-state index < -0.39 is 71.2 Å². The van der Waals surface area contributed by atoms with Gasteiger partial charge in [0.15, 0.2) is 12.4 Å². The van der Waals surface area contributed by atoms with Gasteiger partial charge in [0.25, 0.3) is 10.1 Å². The number of hydrogen-bond donors (Lipinski definition) is 4. The highest BCUT2D eigenvalue weighted by atomic mass is 32.2. The number of unbranched alkanes of at least 4 members (excludes halogenated alkanes) is 25. The first kappa shape index (κ1) is 59.9. The van der Waals surface area contributed by atoms with E-state index in [2.05, 4.69) is 50.3 Å². The number of esters is 2. The summed E-state index contributed by atoms with van der Waals surface area (Å²) in [5, 5.41) is 31.0. The van der Waals surface area contributed by atoms with Gasteiger partial charge in [-0.05, 0) is 51.4 Å². The molecule has 0 aromatic heterocycles. The van der Waals surface area contributed by atoms with Crippen molar-refractivity contribution in [1.29, 1.82) is 0 Å². The summed E-state index contributed by atoms with van der Waals surface area (Å²) in [7, 11) is -4.61. The van der Waals surface area contributed by atoms with Crippen molar-refractivity contribution in [1.82, 2.24) is 0 Å². The molecule has 1 saturated heterocycles. The Morgan fingerprint density at radius 1 is 0.531 bits per heavy atom. The van der Waals surface area contributed by atoms with Gasteiger partial charge >= 0.3 is 11.9 Å². The molecule has 1 fully saturated rings. The maximum atomic E-state index is 12.9. The molecule has 0 saturated carbocycles. The lowest BCUT2D eigenvalue weighted by atomic mass is 10.00. The summed E-state index contributed by atoms with van der Waals surface area (Å²) < 4.78 is 54.2. The van der Waals surface area contributed by atoms with Crippen molar-refractivity contribution in [3.05, 3.63) is 36.5 Å². The van der Waals surface area contributed by atoms with Crippen molar-refractivity contribution in [3.8, 4) is 0 Å². The van der Waals surface area contributed by atoms with E-state index in [0.717, 1.165) is 64.2 Å². The standard InChI is InChI=1S/C51H92O12S/c1-3-5-7-9-11-13-15-17-19-21-22-24-25-27-29-31-33-35-37-39-46(52)60-41-44(42-61-51-50(56)49(55)48(54)45(63-51)43-64(57,58)59)62-47(53)40-38-36-34-32-30-28-26-23-20-18-16-14-12-10-8-6-4-2/h12,14,18,20,26,28,44-45,48-51,54-56H,3-11,13,15-17,19,21-25,27,29-43H2,1-2H3,(H,57,58,59)/b14-12+,20-18+,28-26+/t44-,45-,48-,49?,50?,51+/m1/s1.